The maximum atomic E-state index is 12.1. The van der Waals surface area contributed by atoms with E-state index in [9.17, 15) is 14.9 Å². The SMILES string of the molecule is Cc1cccc2sc(=NC(=O)C=Cc3ccc([N+](=O)[O-])cc3)n(C)c12. The highest BCUT2D eigenvalue weighted by atomic mass is 32.1. The van der Waals surface area contributed by atoms with Gasteiger partial charge < -0.3 is 4.57 Å². The second-order valence-electron chi connectivity index (χ2n) is 5.50. The molecule has 0 atom stereocenters. The molecule has 0 aliphatic heterocycles. The number of rotatable bonds is 3. The van der Waals surface area contributed by atoms with Crippen LogP contribution in [0.15, 0.2) is 53.5 Å². The van der Waals surface area contributed by atoms with Crippen molar-refractivity contribution in [3.63, 3.8) is 0 Å². The molecule has 2 aromatic carbocycles. The third-order valence-electron chi connectivity index (χ3n) is 3.75. The summed E-state index contributed by atoms with van der Waals surface area (Å²) in [5.74, 6) is -0.377. The molecule has 0 aliphatic carbocycles. The molecule has 0 unspecified atom stereocenters. The number of benzene rings is 2. The lowest BCUT2D eigenvalue weighted by Crippen LogP contribution is -2.12. The van der Waals surface area contributed by atoms with Gasteiger partial charge in [-0.1, -0.05) is 23.5 Å². The van der Waals surface area contributed by atoms with E-state index in [2.05, 4.69) is 4.99 Å². The lowest BCUT2D eigenvalue weighted by molar-refractivity contribution is -0.384. The summed E-state index contributed by atoms with van der Waals surface area (Å²) in [4.78, 5) is 27.0. The highest BCUT2D eigenvalue weighted by Crippen LogP contribution is 2.19. The summed E-state index contributed by atoms with van der Waals surface area (Å²) in [6.07, 6.45) is 2.95. The van der Waals surface area contributed by atoms with Crippen molar-refractivity contribution >= 4 is 39.2 Å². The predicted octanol–water partition coefficient (Wildman–Crippen LogP) is 3.60. The Kier molecular flexibility index (Phi) is 4.58. The summed E-state index contributed by atoms with van der Waals surface area (Å²) in [5, 5.41) is 10.6. The van der Waals surface area contributed by atoms with Gasteiger partial charge in [0, 0.05) is 25.3 Å². The number of thiazole rings is 1. The maximum Gasteiger partial charge on any atom is 0.272 e. The van der Waals surface area contributed by atoms with Gasteiger partial charge in [0.05, 0.1) is 15.1 Å². The molecule has 3 aromatic rings. The van der Waals surface area contributed by atoms with Crippen LogP contribution in [-0.4, -0.2) is 15.4 Å². The molecule has 6 nitrogen and oxygen atoms in total. The van der Waals surface area contributed by atoms with Gasteiger partial charge in [0.15, 0.2) is 4.80 Å². The largest absolute Gasteiger partial charge is 0.319 e. The van der Waals surface area contributed by atoms with Crippen LogP contribution in [0.5, 0.6) is 0 Å². The Morgan fingerprint density at radius 2 is 1.96 bits per heavy atom. The molecule has 0 bridgehead atoms. The Hall–Kier alpha value is -3.06. The quantitative estimate of drug-likeness (QED) is 0.410. The molecule has 0 spiro atoms. The fourth-order valence-electron chi connectivity index (χ4n) is 2.51. The molecule has 0 saturated carbocycles. The summed E-state index contributed by atoms with van der Waals surface area (Å²) in [6, 6.07) is 12.0. The Morgan fingerprint density at radius 3 is 2.60 bits per heavy atom. The van der Waals surface area contributed by atoms with Gasteiger partial charge in [0.1, 0.15) is 0 Å². The Bertz CT molecular complexity index is 1060. The second-order valence-corrected chi connectivity index (χ2v) is 6.51. The van der Waals surface area contributed by atoms with Crippen molar-refractivity contribution in [2.24, 2.45) is 12.0 Å². The highest BCUT2D eigenvalue weighted by molar-refractivity contribution is 7.16. The van der Waals surface area contributed by atoms with E-state index >= 15 is 0 Å². The average Bonchev–Trinajstić information content (AvgIpc) is 2.90. The van der Waals surface area contributed by atoms with E-state index in [-0.39, 0.29) is 11.6 Å². The van der Waals surface area contributed by atoms with E-state index in [1.54, 1.807) is 18.2 Å². The van der Waals surface area contributed by atoms with Gasteiger partial charge >= 0.3 is 0 Å². The molecule has 1 heterocycles. The number of aromatic nitrogens is 1. The van der Waals surface area contributed by atoms with Crippen LogP contribution in [0.1, 0.15) is 11.1 Å². The molecule has 0 fully saturated rings. The molecule has 0 saturated heterocycles. The van der Waals surface area contributed by atoms with Crippen LogP contribution in [0.4, 0.5) is 5.69 Å². The zero-order valence-electron chi connectivity index (χ0n) is 13.7. The van der Waals surface area contributed by atoms with Gasteiger partial charge in [0.2, 0.25) is 0 Å². The molecule has 7 heteroatoms. The van der Waals surface area contributed by atoms with Crippen molar-refractivity contribution in [2.45, 2.75) is 6.92 Å². The number of nitro benzene ring substituents is 1. The number of para-hydroxylation sites is 1. The Balaban J connectivity index is 1.87. The minimum atomic E-state index is -0.461. The van der Waals surface area contributed by atoms with Gasteiger partial charge in [-0.15, -0.1) is 0 Å². The van der Waals surface area contributed by atoms with E-state index in [1.807, 2.05) is 36.7 Å². The maximum absolute atomic E-state index is 12.1. The summed E-state index contributed by atoms with van der Waals surface area (Å²) in [5.41, 5.74) is 2.91. The summed E-state index contributed by atoms with van der Waals surface area (Å²) < 4.78 is 2.99. The standard InChI is InChI=1S/C18H15N3O3S/c1-12-4-3-5-15-17(12)20(2)18(25-15)19-16(22)11-8-13-6-9-14(10-7-13)21(23)24/h3-11H,1-2H3. The van der Waals surface area contributed by atoms with Crippen molar-refractivity contribution in [1.82, 2.24) is 4.57 Å². The van der Waals surface area contributed by atoms with E-state index < -0.39 is 4.92 Å². The lowest BCUT2D eigenvalue weighted by Gasteiger charge is -1.98. The molecule has 0 radical (unpaired) electrons. The summed E-state index contributed by atoms with van der Waals surface area (Å²) in [7, 11) is 1.89. The number of fused-ring (bicyclic) bond motifs is 1. The Labute approximate surface area is 147 Å². The van der Waals surface area contributed by atoms with Crippen LogP contribution in [0.25, 0.3) is 16.3 Å². The lowest BCUT2D eigenvalue weighted by atomic mass is 10.2. The smallest absolute Gasteiger partial charge is 0.272 e. The van der Waals surface area contributed by atoms with E-state index in [4.69, 9.17) is 0 Å². The fraction of sp³-hybridized carbons (Fsp3) is 0.111. The average molecular weight is 353 g/mol. The number of non-ortho nitro benzene ring substituents is 1. The van der Waals surface area contributed by atoms with Crippen molar-refractivity contribution in [2.75, 3.05) is 0 Å². The number of hydrogen-bond donors (Lipinski definition) is 0. The number of amides is 1. The van der Waals surface area contributed by atoms with E-state index in [0.29, 0.717) is 10.4 Å². The van der Waals surface area contributed by atoms with Crippen LogP contribution in [0, 0.1) is 17.0 Å². The number of aryl methyl sites for hydroxylation is 2. The van der Waals surface area contributed by atoms with Crippen molar-refractivity contribution in [1.29, 1.82) is 0 Å². The molecule has 25 heavy (non-hydrogen) atoms. The van der Waals surface area contributed by atoms with Crippen molar-refractivity contribution in [3.05, 3.63) is 74.6 Å². The number of nitrogens with zero attached hydrogens (tertiary/aromatic N) is 3. The number of nitro groups is 1. The van der Waals surface area contributed by atoms with Gasteiger partial charge in [-0.2, -0.15) is 4.99 Å². The molecule has 0 aliphatic rings. The minimum absolute atomic E-state index is 0.0147. The normalized spacial score (nSPS) is 12.2. The van der Waals surface area contributed by atoms with Crippen LogP contribution in [0.2, 0.25) is 0 Å². The predicted molar refractivity (Wildman–Crippen MR) is 98.2 cm³/mol. The molecule has 1 amide bonds. The van der Waals surface area contributed by atoms with Crippen LogP contribution < -0.4 is 4.80 Å². The third kappa shape index (κ3) is 3.56. The first-order chi connectivity index (χ1) is 12.0. The number of carbonyl (C=O) groups excluding carboxylic acids is 1. The van der Waals surface area contributed by atoms with Gasteiger partial charge in [-0.3, -0.25) is 14.9 Å². The first kappa shape index (κ1) is 16.8. The zero-order chi connectivity index (χ0) is 18.0. The van der Waals surface area contributed by atoms with Crippen molar-refractivity contribution < 1.29 is 9.72 Å². The molecular weight excluding hydrogens is 338 g/mol. The first-order valence-corrected chi connectivity index (χ1v) is 8.34. The minimum Gasteiger partial charge on any atom is -0.319 e. The molecule has 0 N–H and O–H groups in total. The van der Waals surface area contributed by atoms with Gasteiger partial charge in [0.25, 0.3) is 11.6 Å². The second kappa shape index (κ2) is 6.82. The number of carbonyl (C=O) groups is 1. The topological polar surface area (TPSA) is 77.5 Å². The highest BCUT2D eigenvalue weighted by Gasteiger charge is 2.06. The summed E-state index contributed by atoms with van der Waals surface area (Å²) in [6.45, 7) is 2.02. The fourth-order valence-corrected chi connectivity index (χ4v) is 3.61. The summed E-state index contributed by atoms with van der Waals surface area (Å²) >= 11 is 1.46. The third-order valence-corrected chi connectivity index (χ3v) is 4.85. The first-order valence-electron chi connectivity index (χ1n) is 7.52. The Morgan fingerprint density at radius 1 is 1.24 bits per heavy atom. The molecular formula is C18H15N3O3S. The van der Waals surface area contributed by atoms with Crippen LogP contribution >= 0.6 is 11.3 Å². The van der Waals surface area contributed by atoms with Crippen LogP contribution in [-0.2, 0) is 11.8 Å². The number of hydrogen-bond acceptors (Lipinski definition) is 4. The molecule has 3 rings (SSSR count). The zero-order valence-corrected chi connectivity index (χ0v) is 14.5. The monoisotopic (exact) mass is 353 g/mol. The van der Waals surface area contributed by atoms with Crippen LogP contribution in [0.3, 0.4) is 0 Å². The van der Waals surface area contributed by atoms with E-state index in [1.165, 1.54) is 29.5 Å². The van der Waals surface area contributed by atoms with Gasteiger partial charge in [-0.25, -0.2) is 0 Å². The van der Waals surface area contributed by atoms with E-state index in [0.717, 1.165) is 15.8 Å². The molecule has 126 valence electrons. The molecule has 1 aromatic heterocycles. The van der Waals surface area contributed by atoms with Crippen molar-refractivity contribution in [3.8, 4) is 0 Å². The van der Waals surface area contributed by atoms with Gasteiger partial charge in [-0.05, 0) is 42.3 Å².